The van der Waals surface area contributed by atoms with Crippen molar-refractivity contribution in [3.05, 3.63) is 23.7 Å². The number of aromatic nitrogens is 3. The lowest BCUT2D eigenvalue weighted by Gasteiger charge is -2.07. The molecular weight excluding hydrogens is 264 g/mol. The van der Waals surface area contributed by atoms with Crippen molar-refractivity contribution in [2.45, 2.75) is 38.2 Å². The van der Waals surface area contributed by atoms with Crippen molar-refractivity contribution in [3.63, 3.8) is 0 Å². The van der Waals surface area contributed by atoms with Gasteiger partial charge in [-0.15, -0.1) is 11.6 Å². The molecule has 6 heteroatoms. The van der Waals surface area contributed by atoms with Crippen LogP contribution in [-0.4, -0.2) is 26.5 Å². The van der Waals surface area contributed by atoms with E-state index in [1.54, 1.807) is 4.57 Å². The average molecular weight is 279 g/mol. The summed E-state index contributed by atoms with van der Waals surface area (Å²) in [5.41, 5.74) is 2.40. The van der Waals surface area contributed by atoms with Gasteiger partial charge in [-0.2, -0.15) is 0 Å². The fraction of sp³-hybridized carbons (Fsp3) is 0.462. The molecule has 100 valence electrons. The fourth-order valence-electron chi connectivity index (χ4n) is 2.06. The maximum absolute atomic E-state index is 11.9. The van der Waals surface area contributed by atoms with E-state index in [-0.39, 0.29) is 18.3 Å². The third kappa shape index (κ3) is 2.56. The first kappa shape index (κ1) is 12.4. The van der Waals surface area contributed by atoms with Crippen molar-refractivity contribution in [2.24, 2.45) is 0 Å². The molecule has 0 aromatic carbocycles. The van der Waals surface area contributed by atoms with Gasteiger partial charge in [0.2, 0.25) is 5.91 Å². The average Bonchev–Trinajstić information content (AvgIpc) is 3.12. The molecule has 0 atom stereocenters. The van der Waals surface area contributed by atoms with Crippen molar-refractivity contribution in [1.29, 1.82) is 0 Å². The number of pyridine rings is 1. The number of fused-ring (bicyclic) bond motifs is 1. The molecule has 19 heavy (non-hydrogen) atoms. The first-order valence-electron chi connectivity index (χ1n) is 6.35. The molecule has 1 amide bonds. The standard InChI is InChI=1S/C13H15ClN4O/c1-8-2-5-10-13(15-8)18(11(6-14)17-10)7-12(19)16-9-3-4-9/h2,5,9H,3-4,6-7H2,1H3,(H,16,19). The van der Waals surface area contributed by atoms with Gasteiger partial charge in [-0.25, -0.2) is 9.97 Å². The molecule has 5 nitrogen and oxygen atoms in total. The Hall–Kier alpha value is -1.62. The second-order valence-corrected chi connectivity index (χ2v) is 5.15. The third-order valence-corrected chi connectivity index (χ3v) is 3.41. The van der Waals surface area contributed by atoms with Gasteiger partial charge in [0.1, 0.15) is 17.9 Å². The summed E-state index contributed by atoms with van der Waals surface area (Å²) in [5.74, 6) is 0.948. The zero-order chi connectivity index (χ0) is 13.4. The highest BCUT2D eigenvalue weighted by atomic mass is 35.5. The predicted octanol–water partition coefficient (Wildman–Crippen LogP) is 1.76. The lowest BCUT2D eigenvalue weighted by Crippen LogP contribution is -2.29. The quantitative estimate of drug-likeness (QED) is 0.867. The summed E-state index contributed by atoms with van der Waals surface area (Å²) in [6.07, 6.45) is 2.16. The Labute approximate surface area is 116 Å². The van der Waals surface area contributed by atoms with Crippen molar-refractivity contribution >= 4 is 28.7 Å². The predicted molar refractivity (Wildman–Crippen MR) is 73.0 cm³/mol. The lowest BCUT2D eigenvalue weighted by molar-refractivity contribution is -0.121. The van der Waals surface area contributed by atoms with Crippen LogP contribution in [0.25, 0.3) is 11.2 Å². The van der Waals surface area contributed by atoms with Gasteiger partial charge in [-0.1, -0.05) is 0 Å². The molecule has 2 heterocycles. The minimum atomic E-state index is -0.00327. The van der Waals surface area contributed by atoms with Crippen LogP contribution in [0.4, 0.5) is 0 Å². The van der Waals surface area contributed by atoms with Gasteiger partial charge in [0.05, 0.1) is 5.88 Å². The van der Waals surface area contributed by atoms with Crippen LogP contribution in [0.5, 0.6) is 0 Å². The number of carbonyl (C=O) groups excluding carboxylic acids is 1. The molecule has 2 aromatic rings. The van der Waals surface area contributed by atoms with Gasteiger partial charge >= 0.3 is 0 Å². The zero-order valence-electron chi connectivity index (χ0n) is 10.7. The molecular formula is C13H15ClN4O. The van der Waals surface area contributed by atoms with Crippen LogP contribution >= 0.6 is 11.6 Å². The van der Waals surface area contributed by atoms with Crippen molar-refractivity contribution < 1.29 is 4.79 Å². The van der Waals surface area contributed by atoms with Crippen LogP contribution in [0.1, 0.15) is 24.4 Å². The first-order chi connectivity index (χ1) is 9.17. The summed E-state index contributed by atoms with van der Waals surface area (Å²) in [6, 6.07) is 4.17. The van der Waals surface area contributed by atoms with Gasteiger partial charge in [0.15, 0.2) is 5.65 Å². The van der Waals surface area contributed by atoms with Crippen LogP contribution in [0.15, 0.2) is 12.1 Å². The van der Waals surface area contributed by atoms with E-state index < -0.39 is 0 Å². The second kappa shape index (κ2) is 4.81. The molecule has 0 radical (unpaired) electrons. The minimum Gasteiger partial charge on any atom is -0.352 e. The minimum absolute atomic E-state index is 0.00327. The number of nitrogens with one attached hydrogen (secondary N) is 1. The Kier molecular flexibility index (Phi) is 3.14. The van der Waals surface area contributed by atoms with Gasteiger partial charge in [-0.3, -0.25) is 4.79 Å². The van der Waals surface area contributed by atoms with E-state index in [1.807, 2.05) is 19.1 Å². The van der Waals surface area contributed by atoms with Gasteiger partial charge in [0, 0.05) is 11.7 Å². The van der Waals surface area contributed by atoms with Gasteiger partial charge < -0.3 is 9.88 Å². The number of alkyl halides is 1. The highest BCUT2D eigenvalue weighted by molar-refractivity contribution is 6.16. The summed E-state index contributed by atoms with van der Waals surface area (Å²) >= 11 is 5.90. The Morgan fingerprint density at radius 1 is 1.47 bits per heavy atom. The Morgan fingerprint density at radius 3 is 2.95 bits per heavy atom. The van der Waals surface area contributed by atoms with Crippen LogP contribution in [0, 0.1) is 6.92 Å². The lowest BCUT2D eigenvalue weighted by atomic mass is 10.3. The zero-order valence-corrected chi connectivity index (χ0v) is 11.4. The maximum Gasteiger partial charge on any atom is 0.240 e. The Balaban J connectivity index is 1.94. The summed E-state index contributed by atoms with van der Waals surface area (Å²) in [4.78, 5) is 20.8. The van der Waals surface area contributed by atoms with Crippen LogP contribution < -0.4 is 5.32 Å². The number of aryl methyl sites for hydroxylation is 1. The molecule has 0 spiro atoms. The van der Waals surface area contributed by atoms with Crippen LogP contribution in [0.2, 0.25) is 0 Å². The molecule has 3 rings (SSSR count). The maximum atomic E-state index is 11.9. The molecule has 0 bridgehead atoms. The van der Waals surface area contributed by atoms with E-state index in [0.29, 0.717) is 11.9 Å². The van der Waals surface area contributed by atoms with Crippen molar-refractivity contribution in [2.75, 3.05) is 0 Å². The SMILES string of the molecule is Cc1ccc2nc(CCl)n(CC(=O)NC3CC3)c2n1. The van der Waals surface area contributed by atoms with Crippen molar-refractivity contribution in [3.8, 4) is 0 Å². The van der Waals surface area contributed by atoms with Crippen LogP contribution in [0.3, 0.4) is 0 Å². The highest BCUT2D eigenvalue weighted by Gasteiger charge is 2.24. The number of carbonyl (C=O) groups is 1. The molecule has 0 unspecified atom stereocenters. The monoisotopic (exact) mass is 278 g/mol. The van der Waals surface area contributed by atoms with E-state index in [9.17, 15) is 4.79 Å². The molecule has 1 aliphatic carbocycles. The number of rotatable bonds is 4. The molecule has 0 saturated heterocycles. The summed E-state index contributed by atoms with van der Waals surface area (Å²) in [5, 5.41) is 2.96. The molecule has 2 aromatic heterocycles. The largest absolute Gasteiger partial charge is 0.352 e. The topological polar surface area (TPSA) is 59.8 Å². The van der Waals surface area contributed by atoms with E-state index in [1.165, 1.54) is 0 Å². The Morgan fingerprint density at radius 2 is 2.26 bits per heavy atom. The highest BCUT2D eigenvalue weighted by Crippen LogP contribution is 2.19. The summed E-state index contributed by atoms with van der Waals surface area (Å²) in [6.45, 7) is 2.15. The Bertz CT molecular complexity index is 633. The number of halogens is 1. The van der Waals surface area contributed by atoms with E-state index >= 15 is 0 Å². The normalized spacial score (nSPS) is 14.8. The van der Waals surface area contributed by atoms with E-state index in [0.717, 1.165) is 29.7 Å². The van der Waals surface area contributed by atoms with Gasteiger partial charge in [0.25, 0.3) is 0 Å². The number of hydrogen-bond acceptors (Lipinski definition) is 3. The second-order valence-electron chi connectivity index (χ2n) is 4.88. The molecule has 1 saturated carbocycles. The summed E-state index contributed by atoms with van der Waals surface area (Å²) in [7, 11) is 0. The van der Waals surface area contributed by atoms with Gasteiger partial charge in [-0.05, 0) is 31.9 Å². The van der Waals surface area contributed by atoms with E-state index in [2.05, 4.69) is 15.3 Å². The van der Waals surface area contributed by atoms with Crippen LogP contribution in [-0.2, 0) is 17.2 Å². The number of imidazole rings is 1. The fourth-order valence-corrected chi connectivity index (χ4v) is 2.26. The molecule has 1 aliphatic rings. The first-order valence-corrected chi connectivity index (χ1v) is 6.89. The molecule has 1 N–H and O–H groups in total. The third-order valence-electron chi connectivity index (χ3n) is 3.17. The van der Waals surface area contributed by atoms with Crippen molar-refractivity contribution in [1.82, 2.24) is 19.9 Å². The number of hydrogen-bond donors (Lipinski definition) is 1. The number of amides is 1. The molecule has 1 fully saturated rings. The molecule has 0 aliphatic heterocycles. The summed E-state index contributed by atoms with van der Waals surface area (Å²) < 4.78 is 1.80. The smallest absolute Gasteiger partial charge is 0.240 e. The number of nitrogens with zero attached hydrogens (tertiary/aromatic N) is 3. The van der Waals surface area contributed by atoms with E-state index in [4.69, 9.17) is 11.6 Å².